The van der Waals surface area contributed by atoms with E-state index in [4.69, 9.17) is 10.8 Å². The van der Waals surface area contributed by atoms with E-state index >= 15 is 0 Å². The maximum absolute atomic E-state index is 12.2. The van der Waals surface area contributed by atoms with Gasteiger partial charge in [0.15, 0.2) is 0 Å². The minimum atomic E-state index is -0.812. The van der Waals surface area contributed by atoms with Gasteiger partial charge in [-0.1, -0.05) is 24.0 Å². The molecular weight excluding hydrogens is 268 g/mol. The third kappa shape index (κ3) is 4.93. The molecule has 0 aliphatic carbocycles. The van der Waals surface area contributed by atoms with Crippen LogP contribution in [-0.2, 0) is 4.79 Å². The Labute approximate surface area is 124 Å². The highest BCUT2D eigenvalue weighted by Crippen LogP contribution is 2.13. The molecule has 0 bridgehead atoms. The standard InChI is InChI=1S/C16H20N2O3/c1-16(2,15(17)21)11-18-14(20)13-9-4-3-7-12(13)8-5-6-10-19/h3-4,7,9,19H,6,10-11H2,1-2H3,(H2,17,21)(H,18,20). The molecule has 0 aliphatic rings. The largest absolute Gasteiger partial charge is 0.395 e. The first-order valence-corrected chi connectivity index (χ1v) is 6.65. The zero-order chi connectivity index (χ0) is 15.9. The average Bonchev–Trinajstić information content (AvgIpc) is 2.45. The molecule has 5 heteroatoms. The molecule has 1 aromatic rings. The highest BCUT2D eigenvalue weighted by atomic mass is 16.2. The number of aliphatic hydroxyl groups is 1. The molecule has 0 spiro atoms. The zero-order valence-electron chi connectivity index (χ0n) is 12.3. The monoisotopic (exact) mass is 288 g/mol. The molecule has 0 radical (unpaired) electrons. The fourth-order valence-electron chi connectivity index (χ4n) is 1.49. The Morgan fingerprint density at radius 1 is 1.33 bits per heavy atom. The van der Waals surface area contributed by atoms with Gasteiger partial charge in [-0.3, -0.25) is 9.59 Å². The maximum Gasteiger partial charge on any atom is 0.252 e. The number of amides is 2. The Hall–Kier alpha value is -2.32. The minimum Gasteiger partial charge on any atom is -0.395 e. The number of hydrogen-bond donors (Lipinski definition) is 3. The summed E-state index contributed by atoms with van der Waals surface area (Å²) in [5, 5.41) is 11.4. The van der Waals surface area contributed by atoms with Crippen molar-refractivity contribution in [3.8, 4) is 11.8 Å². The predicted octanol–water partition coefficient (Wildman–Crippen LogP) is 0.662. The van der Waals surface area contributed by atoms with Crippen molar-refractivity contribution in [2.45, 2.75) is 20.3 Å². The topological polar surface area (TPSA) is 92.4 Å². The first-order valence-electron chi connectivity index (χ1n) is 6.65. The van der Waals surface area contributed by atoms with Crippen LogP contribution in [0.2, 0.25) is 0 Å². The molecule has 112 valence electrons. The fourth-order valence-corrected chi connectivity index (χ4v) is 1.49. The molecule has 1 aromatic carbocycles. The van der Waals surface area contributed by atoms with Crippen molar-refractivity contribution in [1.82, 2.24) is 5.32 Å². The Balaban J connectivity index is 2.84. The minimum absolute atomic E-state index is 0.0197. The van der Waals surface area contributed by atoms with E-state index in [-0.39, 0.29) is 19.1 Å². The van der Waals surface area contributed by atoms with Crippen LogP contribution >= 0.6 is 0 Å². The van der Waals surface area contributed by atoms with Crippen LogP contribution in [0.3, 0.4) is 0 Å². The number of carbonyl (C=O) groups is 2. The second-order valence-corrected chi connectivity index (χ2v) is 5.25. The van der Waals surface area contributed by atoms with E-state index in [1.165, 1.54) is 0 Å². The molecule has 0 saturated carbocycles. The highest BCUT2D eigenvalue weighted by Gasteiger charge is 2.25. The molecule has 0 atom stereocenters. The first kappa shape index (κ1) is 16.7. The lowest BCUT2D eigenvalue weighted by Gasteiger charge is -2.20. The molecule has 0 aliphatic heterocycles. The number of benzene rings is 1. The first-order chi connectivity index (χ1) is 9.88. The summed E-state index contributed by atoms with van der Waals surface area (Å²) in [6.07, 6.45) is 0.352. The van der Waals surface area contributed by atoms with Gasteiger partial charge in [-0.15, -0.1) is 0 Å². The smallest absolute Gasteiger partial charge is 0.252 e. The van der Waals surface area contributed by atoms with Crippen molar-refractivity contribution < 1.29 is 14.7 Å². The van der Waals surface area contributed by atoms with Gasteiger partial charge < -0.3 is 16.2 Å². The number of aliphatic hydroxyl groups excluding tert-OH is 1. The fraction of sp³-hybridized carbons (Fsp3) is 0.375. The average molecular weight is 288 g/mol. The summed E-state index contributed by atoms with van der Waals surface area (Å²) in [7, 11) is 0. The van der Waals surface area contributed by atoms with Gasteiger partial charge >= 0.3 is 0 Å². The molecule has 2 amide bonds. The Kier molecular flexibility index (Phi) is 5.94. The van der Waals surface area contributed by atoms with Crippen LogP contribution in [0.5, 0.6) is 0 Å². The van der Waals surface area contributed by atoms with Crippen molar-refractivity contribution in [2.24, 2.45) is 11.1 Å². The van der Waals surface area contributed by atoms with Gasteiger partial charge in [0, 0.05) is 18.5 Å². The van der Waals surface area contributed by atoms with Gasteiger partial charge in [0.05, 0.1) is 17.6 Å². The molecular formula is C16H20N2O3. The normalized spacial score (nSPS) is 10.4. The van der Waals surface area contributed by atoms with Gasteiger partial charge in [-0.2, -0.15) is 0 Å². The number of rotatable bonds is 5. The summed E-state index contributed by atoms with van der Waals surface area (Å²) in [4.78, 5) is 23.4. The van der Waals surface area contributed by atoms with E-state index < -0.39 is 11.3 Å². The Morgan fingerprint density at radius 3 is 2.62 bits per heavy atom. The van der Waals surface area contributed by atoms with E-state index in [1.807, 2.05) is 0 Å². The van der Waals surface area contributed by atoms with Gasteiger partial charge in [0.1, 0.15) is 0 Å². The van der Waals surface area contributed by atoms with Crippen LogP contribution in [0, 0.1) is 17.3 Å². The molecule has 21 heavy (non-hydrogen) atoms. The van der Waals surface area contributed by atoms with Crippen LogP contribution in [0.1, 0.15) is 36.2 Å². The lowest BCUT2D eigenvalue weighted by molar-refractivity contribution is -0.125. The summed E-state index contributed by atoms with van der Waals surface area (Å²) >= 11 is 0. The van der Waals surface area contributed by atoms with E-state index in [0.29, 0.717) is 17.5 Å². The van der Waals surface area contributed by atoms with E-state index in [9.17, 15) is 9.59 Å². The number of primary amides is 1. The molecule has 1 rings (SSSR count). The predicted molar refractivity (Wildman–Crippen MR) is 80.3 cm³/mol. The summed E-state index contributed by atoms with van der Waals surface area (Å²) < 4.78 is 0. The molecule has 5 nitrogen and oxygen atoms in total. The summed E-state index contributed by atoms with van der Waals surface area (Å²) in [6.45, 7) is 3.47. The second-order valence-electron chi connectivity index (χ2n) is 5.25. The van der Waals surface area contributed by atoms with Crippen molar-refractivity contribution in [1.29, 1.82) is 0 Å². The van der Waals surface area contributed by atoms with Gasteiger partial charge in [0.25, 0.3) is 5.91 Å². The number of nitrogens with one attached hydrogen (secondary N) is 1. The van der Waals surface area contributed by atoms with Crippen LogP contribution in [0.25, 0.3) is 0 Å². The number of hydrogen-bond acceptors (Lipinski definition) is 3. The molecule has 0 unspecified atom stereocenters. The molecule has 0 heterocycles. The lowest BCUT2D eigenvalue weighted by Crippen LogP contribution is -2.42. The van der Waals surface area contributed by atoms with Crippen molar-refractivity contribution >= 4 is 11.8 Å². The molecule has 0 saturated heterocycles. The van der Waals surface area contributed by atoms with Crippen LogP contribution in [0.4, 0.5) is 0 Å². The Bertz CT molecular complexity index is 583. The summed E-state index contributed by atoms with van der Waals surface area (Å²) in [5.74, 6) is 4.86. The zero-order valence-corrected chi connectivity index (χ0v) is 12.3. The van der Waals surface area contributed by atoms with Crippen LogP contribution in [0.15, 0.2) is 24.3 Å². The molecule has 0 fully saturated rings. The lowest BCUT2D eigenvalue weighted by atomic mass is 9.92. The number of carbonyl (C=O) groups excluding carboxylic acids is 2. The van der Waals surface area contributed by atoms with Crippen molar-refractivity contribution in [2.75, 3.05) is 13.2 Å². The van der Waals surface area contributed by atoms with Gasteiger partial charge in [0.2, 0.25) is 5.91 Å². The number of nitrogens with two attached hydrogens (primary N) is 1. The third-order valence-electron chi connectivity index (χ3n) is 2.99. The highest BCUT2D eigenvalue weighted by molar-refractivity contribution is 5.97. The van der Waals surface area contributed by atoms with Crippen LogP contribution in [-0.4, -0.2) is 30.1 Å². The van der Waals surface area contributed by atoms with E-state index in [2.05, 4.69) is 17.2 Å². The SMILES string of the molecule is CC(C)(CNC(=O)c1ccccc1C#CCCO)C(N)=O. The third-order valence-corrected chi connectivity index (χ3v) is 2.99. The van der Waals surface area contributed by atoms with E-state index in [1.54, 1.807) is 38.1 Å². The maximum atomic E-state index is 12.2. The van der Waals surface area contributed by atoms with Crippen molar-refractivity contribution in [3.05, 3.63) is 35.4 Å². The molecule has 4 N–H and O–H groups in total. The van der Waals surface area contributed by atoms with Gasteiger partial charge in [-0.05, 0) is 26.0 Å². The summed E-state index contributed by atoms with van der Waals surface area (Å²) in [6, 6.07) is 6.92. The quantitative estimate of drug-likeness (QED) is 0.695. The van der Waals surface area contributed by atoms with Crippen LogP contribution < -0.4 is 11.1 Å². The van der Waals surface area contributed by atoms with Crippen molar-refractivity contribution in [3.63, 3.8) is 0 Å². The van der Waals surface area contributed by atoms with E-state index in [0.717, 1.165) is 0 Å². The summed E-state index contributed by atoms with van der Waals surface area (Å²) in [5.41, 5.74) is 5.47. The Morgan fingerprint density at radius 2 is 2.00 bits per heavy atom. The van der Waals surface area contributed by atoms with Gasteiger partial charge in [-0.25, -0.2) is 0 Å². The molecule has 0 aromatic heterocycles. The second kappa shape index (κ2) is 7.46.